The van der Waals surface area contributed by atoms with E-state index in [-0.39, 0.29) is 12.5 Å². The molecular formula is C20H23N3O4. The summed E-state index contributed by atoms with van der Waals surface area (Å²) in [4.78, 5) is 41.4. The first-order valence-corrected chi connectivity index (χ1v) is 9.42. The van der Waals surface area contributed by atoms with Gasteiger partial charge in [-0.1, -0.05) is 18.2 Å². The minimum Gasteiger partial charge on any atom is -0.378 e. The minimum atomic E-state index is -0.495. The average molecular weight is 369 g/mol. The zero-order valence-electron chi connectivity index (χ0n) is 15.2. The van der Waals surface area contributed by atoms with E-state index in [9.17, 15) is 14.4 Å². The molecule has 0 spiro atoms. The maximum atomic E-state index is 12.8. The number of fused-ring (bicyclic) bond motifs is 1. The average Bonchev–Trinajstić information content (AvgIpc) is 3.36. The van der Waals surface area contributed by atoms with E-state index in [4.69, 9.17) is 4.74 Å². The number of rotatable bonds is 4. The van der Waals surface area contributed by atoms with Crippen molar-refractivity contribution in [3.63, 3.8) is 0 Å². The smallest absolute Gasteiger partial charge is 0.295 e. The first kappa shape index (κ1) is 17.7. The van der Waals surface area contributed by atoms with E-state index >= 15 is 0 Å². The number of carbonyl (C=O) groups is 3. The van der Waals surface area contributed by atoms with Gasteiger partial charge in [0.1, 0.15) is 6.54 Å². The molecule has 0 atom stereocenters. The molecule has 142 valence electrons. The molecule has 3 heterocycles. The van der Waals surface area contributed by atoms with Crippen LogP contribution in [0, 0.1) is 0 Å². The van der Waals surface area contributed by atoms with Gasteiger partial charge in [0.15, 0.2) is 0 Å². The molecule has 0 saturated carbocycles. The fourth-order valence-corrected chi connectivity index (χ4v) is 3.80. The fourth-order valence-electron chi connectivity index (χ4n) is 3.80. The summed E-state index contributed by atoms with van der Waals surface area (Å²) in [6.07, 6.45) is 3.53. The van der Waals surface area contributed by atoms with Crippen molar-refractivity contribution in [1.82, 2.24) is 14.4 Å². The van der Waals surface area contributed by atoms with Crippen molar-refractivity contribution in [2.24, 2.45) is 0 Å². The zero-order chi connectivity index (χ0) is 18.8. The zero-order valence-corrected chi connectivity index (χ0v) is 15.2. The number of hydrogen-bond acceptors (Lipinski definition) is 4. The van der Waals surface area contributed by atoms with E-state index in [1.807, 2.05) is 24.3 Å². The van der Waals surface area contributed by atoms with Crippen LogP contribution in [-0.4, -0.2) is 71.4 Å². The number of ketones is 1. The van der Waals surface area contributed by atoms with Crippen LogP contribution in [0.3, 0.4) is 0 Å². The summed E-state index contributed by atoms with van der Waals surface area (Å²) in [7, 11) is 0. The van der Waals surface area contributed by atoms with Gasteiger partial charge >= 0.3 is 0 Å². The first-order valence-electron chi connectivity index (χ1n) is 9.42. The lowest BCUT2D eigenvalue weighted by Crippen LogP contribution is -2.42. The van der Waals surface area contributed by atoms with Crippen LogP contribution in [0.2, 0.25) is 0 Å². The lowest BCUT2D eigenvalue weighted by molar-refractivity contribution is -0.135. The van der Waals surface area contributed by atoms with Gasteiger partial charge < -0.3 is 19.1 Å². The topological polar surface area (TPSA) is 71.9 Å². The van der Waals surface area contributed by atoms with Crippen molar-refractivity contribution >= 4 is 28.5 Å². The quantitative estimate of drug-likeness (QED) is 0.602. The highest BCUT2D eigenvalue weighted by Gasteiger charge is 2.28. The van der Waals surface area contributed by atoms with E-state index in [0.29, 0.717) is 50.3 Å². The van der Waals surface area contributed by atoms with E-state index in [1.54, 1.807) is 20.6 Å². The number of morpholine rings is 1. The Kier molecular flexibility index (Phi) is 4.94. The number of para-hydroxylation sites is 1. The van der Waals surface area contributed by atoms with Crippen molar-refractivity contribution in [2.45, 2.75) is 19.4 Å². The van der Waals surface area contributed by atoms with Crippen LogP contribution in [0.1, 0.15) is 23.2 Å². The molecule has 7 nitrogen and oxygen atoms in total. The van der Waals surface area contributed by atoms with Crippen LogP contribution < -0.4 is 0 Å². The minimum absolute atomic E-state index is 0.0103. The highest BCUT2D eigenvalue weighted by Crippen LogP contribution is 2.23. The Bertz CT molecular complexity index is 876. The molecule has 2 fully saturated rings. The standard InChI is InChI=1S/C20H23N3O4/c24-18(21-9-11-27-12-10-21)14-23-13-16(15-5-1-2-6-17(15)23)19(25)20(26)22-7-3-4-8-22/h1-2,5-6,13H,3-4,7-12,14H2. The van der Waals surface area contributed by atoms with E-state index in [1.165, 1.54) is 0 Å². The van der Waals surface area contributed by atoms with Gasteiger partial charge in [0.2, 0.25) is 5.91 Å². The molecule has 2 aromatic rings. The SMILES string of the molecule is O=C(C(=O)N1CCCC1)c1cn(CC(=O)N2CCOCC2)c2ccccc12. The molecule has 1 aromatic carbocycles. The number of benzene rings is 1. The second-order valence-electron chi connectivity index (χ2n) is 7.01. The maximum absolute atomic E-state index is 12.8. The third-order valence-electron chi connectivity index (χ3n) is 5.29. The Morgan fingerprint density at radius 1 is 0.926 bits per heavy atom. The third-order valence-corrected chi connectivity index (χ3v) is 5.29. The number of Topliss-reactive ketones (excluding diaryl/α,β-unsaturated/α-hetero) is 1. The predicted molar refractivity (Wildman–Crippen MR) is 99.5 cm³/mol. The molecule has 2 aliphatic rings. The first-order chi connectivity index (χ1) is 13.1. The van der Waals surface area contributed by atoms with Gasteiger partial charge in [-0.05, 0) is 18.9 Å². The third kappa shape index (κ3) is 3.47. The molecule has 2 aliphatic heterocycles. The van der Waals surface area contributed by atoms with Gasteiger partial charge in [-0.15, -0.1) is 0 Å². The van der Waals surface area contributed by atoms with E-state index < -0.39 is 11.7 Å². The number of hydrogen-bond donors (Lipinski definition) is 0. The number of nitrogens with zero attached hydrogens (tertiary/aromatic N) is 3. The molecule has 7 heteroatoms. The summed E-state index contributed by atoms with van der Waals surface area (Å²) in [5.41, 5.74) is 1.16. The van der Waals surface area contributed by atoms with Crippen LogP contribution >= 0.6 is 0 Å². The lowest BCUT2D eigenvalue weighted by Gasteiger charge is -2.27. The Morgan fingerprint density at radius 2 is 1.63 bits per heavy atom. The number of carbonyl (C=O) groups excluding carboxylic acids is 3. The van der Waals surface area contributed by atoms with Gasteiger partial charge in [-0.3, -0.25) is 14.4 Å². The Morgan fingerprint density at radius 3 is 2.37 bits per heavy atom. The molecule has 0 bridgehead atoms. The Balaban J connectivity index is 1.61. The number of likely N-dealkylation sites (tertiary alicyclic amines) is 1. The number of amides is 2. The molecule has 0 radical (unpaired) electrons. The van der Waals surface area contributed by atoms with Crippen LogP contribution in [0.25, 0.3) is 10.9 Å². The van der Waals surface area contributed by atoms with Crippen LogP contribution in [0.4, 0.5) is 0 Å². The van der Waals surface area contributed by atoms with Gasteiger partial charge in [0.25, 0.3) is 11.7 Å². The fraction of sp³-hybridized carbons (Fsp3) is 0.450. The summed E-state index contributed by atoms with van der Waals surface area (Å²) in [6.45, 7) is 3.68. The molecular weight excluding hydrogens is 346 g/mol. The second-order valence-corrected chi connectivity index (χ2v) is 7.01. The maximum Gasteiger partial charge on any atom is 0.295 e. The molecule has 2 saturated heterocycles. The Labute approximate surface area is 157 Å². The highest BCUT2D eigenvalue weighted by atomic mass is 16.5. The van der Waals surface area contributed by atoms with Crippen molar-refractivity contribution in [3.05, 3.63) is 36.0 Å². The van der Waals surface area contributed by atoms with Crippen LogP contribution in [-0.2, 0) is 20.9 Å². The number of aromatic nitrogens is 1. The predicted octanol–water partition coefficient (Wildman–Crippen LogP) is 1.31. The van der Waals surface area contributed by atoms with Crippen molar-refractivity contribution in [2.75, 3.05) is 39.4 Å². The second kappa shape index (κ2) is 7.52. The molecule has 0 aliphatic carbocycles. The summed E-state index contributed by atoms with van der Waals surface area (Å²) in [6, 6.07) is 7.41. The van der Waals surface area contributed by atoms with E-state index in [2.05, 4.69) is 0 Å². The van der Waals surface area contributed by atoms with Gasteiger partial charge in [-0.2, -0.15) is 0 Å². The lowest BCUT2D eigenvalue weighted by atomic mass is 10.1. The molecule has 27 heavy (non-hydrogen) atoms. The van der Waals surface area contributed by atoms with Crippen molar-refractivity contribution in [1.29, 1.82) is 0 Å². The van der Waals surface area contributed by atoms with Gasteiger partial charge in [0, 0.05) is 43.3 Å². The van der Waals surface area contributed by atoms with E-state index in [0.717, 1.165) is 18.4 Å². The highest BCUT2D eigenvalue weighted by molar-refractivity contribution is 6.44. The van der Waals surface area contributed by atoms with Crippen molar-refractivity contribution < 1.29 is 19.1 Å². The van der Waals surface area contributed by atoms with Gasteiger partial charge in [0.05, 0.1) is 18.8 Å². The molecule has 0 unspecified atom stereocenters. The molecule has 2 amide bonds. The molecule has 1 aromatic heterocycles. The summed E-state index contributed by atoms with van der Waals surface area (Å²) >= 11 is 0. The largest absolute Gasteiger partial charge is 0.378 e. The summed E-state index contributed by atoms with van der Waals surface area (Å²) < 4.78 is 7.07. The normalized spacial score (nSPS) is 17.5. The monoisotopic (exact) mass is 369 g/mol. The Hall–Kier alpha value is -2.67. The van der Waals surface area contributed by atoms with Crippen LogP contribution in [0.15, 0.2) is 30.5 Å². The summed E-state index contributed by atoms with van der Waals surface area (Å²) in [5, 5.41) is 0.713. The summed E-state index contributed by atoms with van der Waals surface area (Å²) in [5.74, 6) is -0.954. The van der Waals surface area contributed by atoms with Crippen LogP contribution in [0.5, 0.6) is 0 Å². The number of ether oxygens (including phenoxy) is 1. The van der Waals surface area contributed by atoms with Gasteiger partial charge in [-0.25, -0.2) is 0 Å². The van der Waals surface area contributed by atoms with Crippen molar-refractivity contribution in [3.8, 4) is 0 Å². The molecule has 0 N–H and O–H groups in total. The molecule has 4 rings (SSSR count).